The van der Waals surface area contributed by atoms with Crippen LogP contribution < -0.4 is 10.2 Å². The van der Waals surface area contributed by atoms with Crippen molar-refractivity contribution < 1.29 is 4.79 Å². The van der Waals surface area contributed by atoms with Gasteiger partial charge in [0.25, 0.3) is 5.91 Å². The highest BCUT2D eigenvalue weighted by atomic mass is 16.1. The number of nitrogens with one attached hydrogen (secondary N) is 1. The number of hydrogen-bond donors (Lipinski definition) is 1. The van der Waals surface area contributed by atoms with Gasteiger partial charge >= 0.3 is 0 Å². The first kappa shape index (κ1) is 15.6. The van der Waals surface area contributed by atoms with E-state index in [1.54, 1.807) is 0 Å². The summed E-state index contributed by atoms with van der Waals surface area (Å²) in [6.45, 7) is 8.34. The van der Waals surface area contributed by atoms with E-state index in [0.29, 0.717) is 0 Å². The van der Waals surface area contributed by atoms with Gasteiger partial charge in [-0.1, -0.05) is 12.1 Å². The number of rotatable bonds is 3. The molecule has 2 aromatic carbocycles. The fourth-order valence-corrected chi connectivity index (χ4v) is 3.15. The molecule has 1 amide bonds. The first-order valence-electron chi connectivity index (χ1n) is 8.29. The lowest BCUT2D eigenvalue weighted by Gasteiger charge is -2.19. The van der Waals surface area contributed by atoms with Crippen molar-refractivity contribution in [3.8, 4) is 0 Å². The number of carbonyl (C=O) groups is 1. The second-order valence-electron chi connectivity index (χ2n) is 6.39. The summed E-state index contributed by atoms with van der Waals surface area (Å²) in [5.74, 6) is -0.0387. The molecule has 2 aromatic rings. The third-order valence-electron chi connectivity index (χ3n) is 4.78. The van der Waals surface area contributed by atoms with Crippen LogP contribution in [0.25, 0.3) is 0 Å². The summed E-state index contributed by atoms with van der Waals surface area (Å²) in [5, 5.41) is 3.05. The Hall–Kier alpha value is -2.29. The molecule has 120 valence electrons. The van der Waals surface area contributed by atoms with Crippen molar-refractivity contribution in [1.82, 2.24) is 0 Å². The Kier molecular flexibility index (Phi) is 4.37. The average Bonchev–Trinajstić information content (AvgIpc) is 3.06. The maximum atomic E-state index is 12.6. The van der Waals surface area contributed by atoms with E-state index in [0.717, 1.165) is 41.0 Å². The maximum Gasteiger partial charge on any atom is 0.255 e. The van der Waals surface area contributed by atoms with Gasteiger partial charge < -0.3 is 10.2 Å². The highest BCUT2D eigenvalue weighted by molar-refractivity contribution is 6.05. The second-order valence-corrected chi connectivity index (χ2v) is 6.39. The van der Waals surface area contributed by atoms with Crippen LogP contribution >= 0.6 is 0 Å². The molecule has 3 rings (SSSR count). The summed E-state index contributed by atoms with van der Waals surface area (Å²) in [4.78, 5) is 15.0. The number of nitrogens with zero attached hydrogens (tertiary/aromatic N) is 1. The second kappa shape index (κ2) is 6.45. The summed E-state index contributed by atoms with van der Waals surface area (Å²) in [5.41, 5.74) is 6.17. The number of anilines is 2. The van der Waals surface area contributed by atoms with Crippen molar-refractivity contribution in [2.75, 3.05) is 23.3 Å². The number of aryl methyl sites for hydroxylation is 2. The fraction of sp³-hybridized carbons (Fsp3) is 0.350. The molecule has 1 fully saturated rings. The molecule has 0 saturated carbocycles. The molecule has 23 heavy (non-hydrogen) atoms. The molecule has 0 atom stereocenters. The van der Waals surface area contributed by atoms with E-state index in [1.807, 2.05) is 38.1 Å². The van der Waals surface area contributed by atoms with Crippen LogP contribution in [0.4, 0.5) is 11.4 Å². The minimum absolute atomic E-state index is 0.0387. The fourth-order valence-electron chi connectivity index (χ4n) is 3.15. The molecule has 1 heterocycles. The van der Waals surface area contributed by atoms with Gasteiger partial charge in [0.1, 0.15) is 0 Å². The Labute approximate surface area is 138 Å². The molecular formula is C20H24N2O. The minimum Gasteiger partial charge on any atom is -0.372 e. The van der Waals surface area contributed by atoms with E-state index in [9.17, 15) is 4.79 Å². The number of benzene rings is 2. The first-order chi connectivity index (χ1) is 11.1. The topological polar surface area (TPSA) is 32.3 Å². The van der Waals surface area contributed by atoms with Gasteiger partial charge in [0.15, 0.2) is 0 Å². The quantitative estimate of drug-likeness (QED) is 0.907. The number of carbonyl (C=O) groups excluding carboxylic acids is 1. The summed E-state index contributed by atoms with van der Waals surface area (Å²) < 4.78 is 0. The molecular weight excluding hydrogens is 284 g/mol. The zero-order valence-electron chi connectivity index (χ0n) is 14.1. The van der Waals surface area contributed by atoms with E-state index in [4.69, 9.17) is 0 Å². The molecule has 0 bridgehead atoms. The molecule has 1 saturated heterocycles. The molecule has 3 heteroatoms. The Bertz CT molecular complexity index is 730. The van der Waals surface area contributed by atoms with Crippen molar-refractivity contribution in [2.24, 2.45) is 0 Å². The van der Waals surface area contributed by atoms with E-state index < -0.39 is 0 Å². The Morgan fingerprint density at radius 2 is 1.74 bits per heavy atom. The maximum absolute atomic E-state index is 12.6. The van der Waals surface area contributed by atoms with Gasteiger partial charge in [0.05, 0.1) is 0 Å². The molecule has 0 aliphatic carbocycles. The lowest BCUT2D eigenvalue weighted by atomic mass is 10.0. The van der Waals surface area contributed by atoms with Crippen molar-refractivity contribution in [2.45, 2.75) is 33.6 Å². The Balaban J connectivity index is 1.79. The molecule has 1 aliphatic rings. The van der Waals surface area contributed by atoms with Crippen molar-refractivity contribution >= 4 is 17.3 Å². The molecule has 3 nitrogen and oxygen atoms in total. The SMILES string of the molecule is Cc1cc(N2CCCC2)ccc1NC(=O)c1cccc(C)c1C. The van der Waals surface area contributed by atoms with Crippen LogP contribution in [0, 0.1) is 20.8 Å². The van der Waals surface area contributed by atoms with E-state index in [1.165, 1.54) is 18.5 Å². The van der Waals surface area contributed by atoms with Crippen molar-refractivity contribution in [3.05, 3.63) is 58.7 Å². The first-order valence-corrected chi connectivity index (χ1v) is 8.29. The predicted octanol–water partition coefficient (Wildman–Crippen LogP) is 4.46. The van der Waals surface area contributed by atoms with Crippen molar-refractivity contribution in [1.29, 1.82) is 0 Å². The standard InChI is InChI=1S/C20H24N2O/c1-14-7-6-8-18(16(14)3)20(23)21-19-10-9-17(13-15(19)2)22-11-4-5-12-22/h6-10,13H,4-5,11-12H2,1-3H3,(H,21,23). The largest absolute Gasteiger partial charge is 0.372 e. The zero-order chi connectivity index (χ0) is 16.4. The van der Waals surface area contributed by atoms with Crippen LogP contribution in [0.1, 0.15) is 39.9 Å². The van der Waals surface area contributed by atoms with Gasteiger partial charge in [-0.25, -0.2) is 0 Å². The molecule has 1 N–H and O–H groups in total. The van der Waals surface area contributed by atoms with Crippen LogP contribution in [-0.4, -0.2) is 19.0 Å². The number of hydrogen-bond acceptors (Lipinski definition) is 2. The van der Waals surface area contributed by atoms with Crippen LogP contribution in [0.3, 0.4) is 0 Å². The van der Waals surface area contributed by atoms with Gasteiger partial charge in [0, 0.05) is 30.0 Å². The molecule has 0 spiro atoms. The van der Waals surface area contributed by atoms with Crippen LogP contribution in [-0.2, 0) is 0 Å². The third-order valence-corrected chi connectivity index (χ3v) is 4.78. The smallest absolute Gasteiger partial charge is 0.255 e. The van der Waals surface area contributed by atoms with Gasteiger partial charge in [-0.2, -0.15) is 0 Å². The van der Waals surface area contributed by atoms with E-state index in [2.05, 4.69) is 29.3 Å². The summed E-state index contributed by atoms with van der Waals surface area (Å²) in [7, 11) is 0. The summed E-state index contributed by atoms with van der Waals surface area (Å²) in [6, 6.07) is 12.1. The highest BCUT2D eigenvalue weighted by Gasteiger charge is 2.15. The molecule has 1 aliphatic heterocycles. The van der Waals surface area contributed by atoms with E-state index >= 15 is 0 Å². The van der Waals surface area contributed by atoms with Crippen LogP contribution in [0.5, 0.6) is 0 Å². The lowest BCUT2D eigenvalue weighted by molar-refractivity contribution is 0.102. The third kappa shape index (κ3) is 3.24. The van der Waals surface area contributed by atoms with Gasteiger partial charge in [-0.05, 0) is 74.6 Å². The molecule has 0 radical (unpaired) electrons. The summed E-state index contributed by atoms with van der Waals surface area (Å²) in [6.07, 6.45) is 2.54. The Morgan fingerprint density at radius 3 is 2.43 bits per heavy atom. The van der Waals surface area contributed by atoms with Gasteiger partial charge in [-0.3, -0.25) is 4.79 Å². The minimum atomic E-state index is -0.0387. The molecule has 0 aromatic heterocycles. The average molecular weight is 308 g/mol. The normalized spacial score (nSPS) is 14.1. The van der Waals surface area contributed by atoms with Gasteiger partial charge in [-0.15, -0.1) is 0 Å². The highest BCUT2D eigenvalue weighted by Crippen LogP contribution is 2.26. The Morgan fingerprint density at radius 1 is 1.00 bits per heavy atom. The predicted molar refractivity (Wildman–Crippen MR) is 96.5 cm³/mol. The zero-order valence-corrected chi connectivity index (χ0v) is 14.1. The summed E-state index contributed by atoms with van der Waals surface area (Å²) >= 11 is 0. The van der Waals surface area contributed by atoms with Crippen molar-refractivity contribution in [3.63, 3.8) is 0 Å². The monoisotopic (exact) mass is 308 g/mol. The van der Waals surface area contributed by atoms with Crippen LogP contribution in [0.2, 0.25) is 0 Å². The van der Waals surface area contributed by atoms with Gasteiger partial charge in [0.2, 0.25) is 0 Å². The lowest BCUT2D eigenvalue weighted by Crippen LogP contribution is -2.18. The van der Waals surface area contributed by atoms with Crippen LogP contribution in [0.15, 0.2) is 36.4 Å². The van der Waals surface area contributed by atoms with E-state index in [-0.39, 0.29) is 5.91 Å². The number of amides is 1. The molecule has 0 unspecified atom stereocenters.